The van der Waals surface area contributed by atoms with Gasteiger partial charge < -0.3 is 9.80 Å². The van der Waals surface area contributed by atoms with Gasteiger partial charge in [0.25, 0.3) is 0 Å². The zero-order valence-corrected chi connectivity index (χ0v) is 15.1. The van der Waals surface area contributed by atoms with Gasteiger partial charge in [0, 0.05) is 40.5 Å². The topological polar surface area (TPSA) is 35.9 Å². The van der Waals surface area contributed by atoms with Gasteiger partial charge in [-0.15, -0.1) is 0 Å². The summed E-state index contributed by atoms with van der Waals surface area (Å²) in [6.45, 7) is 10.6. The third kappa shape index (κ3) is 7.61. The first-order valence-corrected chi connectivity index (χ1v) is 8.92. The van der Waals surface area contributed by atoms with Crippen molar-refractivity contribution in [3.63, 3.8) is 0 Å². The fourth-order valence-corrected chi connectivity index (χ4v) is 5.78. The molecule has 0 bridgehead atoms. The van der Waals surface area contributed by atoms with Gasteiger partial charge in [-0.3, -0.25) is 4.57 Å². The second-order valence-electron chi connectivity index (χ2n) is 7.33. The smallest absolute Gasteiger partial charge is 0.202 e. The van der Waals surface area contributed by atoms with Crippen LogP contribution < -0.4 is 0 Å². The Morgan fingerprint density at radius 2 is 1.53 bits per heavy atom. The van der Waals surface area contributed by atoms with Crippen molar-refractivity contribution >= 4 is 13.3 Å². The monoisotopic (exact) mass is 289 g/mol. The molecule has 0 rings (SSSR count). The number of hydrogen-bond acceptors (Lipinski definition) is 1. The average Bonchev–Trinajstić information content (AvgIpc) is 2.08. The molecule has 0 aromatic rings. The van der Waals surface area contributed by atoms with Gasteiger partial charge in [-0.1, -0.05) is 34.6 Å². The van der Waals surface area contributed by atoms with Crippen LogP contribution in [0.1, 0.15) is 34.6 Å². The van der Waals surface area contributed by atoms with Gasteiger partial charge in [0.1, 0.15) is 0 Å². The molecule has 0 spiro atoms. The normalized spacial score (nSPS) is 15.1. The van der Waals surface area contributed by atoms with E-state index in [9.17, 15) is 4.57 Å². The summed E-state index contributed by atoms with van der Waals surface area (Å²) in [5.41, 5.74) is 0.0254. The fourth-order valence-electron chi connectivity index (χ4n) is 2.19. The van der Waals surface area contributed by atoms with E-state index in [-0.39, 0.29) is 5.41 Å². The zero-order valence-electron chi connectivity index (χ0n) is 14.2. The lowest BCUT2D eigenvalue weighted by molar-refractivity contribution is 0.455. The van der Waals surface area contributed by atoms with E-state index < -0.39 is 7.29 Å². The van der Waals surface area contributed by atoms with Crippen molar-refractivity contribution in [1.82, 2.24) is 9.80 Å². The number of rotatable bonds is 4. The van der Waals surface area contributed by atoms with E-state index in [1.807, 2.05) is 38.0 Å². The minimum Gasteiger partial charge on any atom is -0.349 e. The van der Waals surface area contributed by atoms with Crippen molar-refractivity contribution in [2.75, 3.05) is 40.5 Å². The van der Waals surface area contributed by atoms with Gasteiger partial charge in [0.05, 0.1) is 0 Å². The molecule has 4 nitrogen and oxygen atoms in total. The molecule has 19 heavy (non-hydrogen) atoms. The molecule has 1 unspecified atom stereocenters. The summed E-state index contributed by atoms with van der Waals surface area (Å²) < 4.78 is 17.9. The van der Waals surface area contributed by atoms with Crippen molar-refractivity contribution in [2.45, 2.75) is 34.6 Å². The van der Waals surface area contributed by atoms with Crippen molar-refractivity contribution in [3.05, 3.63) is 0 Å². The van der Waals surface area contributed by atoms with Crippen molar-refractivity contribution < 1.29 is 4.57 Å². The average molecular weight is 289 g/mol. The molecular formula is C14H32N3OP. The lowest BCUT2D eigenvalue weighted by Gasteiger charge is -2.29. The Morgan fingerprint density at radius 1 is 1.11 bits per heavy atom. The molecule has 0 saturated heterocycles. The molecule has 0 saturated carbocycles. The predicted octanol–water partition coefficient (Wildman–Crippen LogP) is 3.45. The second-order valence-corrected chi connectivity index (χ2v) is 9.90. The Kier molecular flexibility index (Phi) is 6.61. The maximum absolute atomic E-state index is 13.2. The molecule has 0 aliphatic carbocycles. The Morgan fingerprint density at radius 3 is 1.79 bits per heavy atom. The van der Waals surface area contributed by atoms with E-state index in [0.29, 0.717) is 18.2 Å². The Bertz CT molecular complexity index is 344. The highest BCUT2D eigenvalue weighted by Gasteiger charge is 2.30. The van der Waals surface area contributed by atoms with E-state index >= 15 is 0 Å². The molecule has 0 fully saturated rings. The molecule has 0 heterocycles. The lowest BCUT2D eigenvalue weighted by atomic mass is 10.0. The molecule has 0 N–H and O–H groups in total. The molecule has 0 aromatic carbocycles. The van der Waals surface area contributed by atoms with Gasteiger partial charge in [-0.2, -0.15) is 4.76 Å². The highest BCUT2D eigenvalue weighted by Crippen LogP contribution is 2.53. The Labute approximate surface area is 119 Å². The molecular weight excluding hydrogens is 257 g/mol. The molecule has 0 aromatic heterocycles. The standard InChI is InChI=1S/C14H32N3OP/c1-12(2)10-19(18,11-14(3,4)5)15-13(16(6)7)17(8)9/h12H,10-11H2,1-9H3. The quantitative estimate of drug-likeness (QED) is 0.452. The number of guanidine groups is 1. The van der Waals surface area contributed by atoms with E-state index in [1.165, 1.54) is 0 Å². The summed E-state index contributed by atoms with van der Waals surface area (Å²) in [5, 5.41) is 0. The third-order valence-corrected chi connectivity index (χ3v) is 5.73. The minimum atomic E-state index is -2.56. The largest absolute Gasteiger partial charge is 0.349 e. The van der Waals surface area contributed by atoms with E-state index in [4.69, 9.17) is 0 Å². The SMILES string of the molecule is CC(C)CP(=O)(CC(C)(C)C)N=C(N(C)C)N(C)C. The highest BCUT2D eigenvalue weighted by molar-refractivity contribution is 7.62. The fraction of sp³-hybridized carbons (Fsp3) is 0.929. The van der Waals surface area contributed by atoms with Crippen LogP contribution in [0.3, 0.4) is 0 Å². The van der Waals surface area contributed by atoms with Crippen LogP contribution in [-0.2, 0) is 4.57 Å². The van der Waals surface area contributed by atoms with Crippen LogP contribution >= 0.6 is 7.29 Å². The van der Waals surface area contributed by atoms with Gasteiger partial charge in [0.2, 0.25) is 5.96 Å². The van der Waals surface area contributed by atoms with Crippen molar-refractivity contribution in [1.29, 1.82) is 0 Å². The van der Waals surface area contributed by atoms with Crippen LogP contribution in [-0.4, -0.2) is 56.3 Å². The van der Waals surface area contributed by atoms with Gasteiger partial charge in [0.15, 0.2) is 7.29 Å². The third-order valence-electron chi connectivity index (χ3n) is 2.44. The van der Waals surface area contributed by atoms with Gasteiger partial charge >= 0.3 is 0 Å². The maximum Gasteiger partial charge on any atom is 0.202 e. The zero-order chi connectivity index (χ0) is 15.4. The minimum absolute atomic E-state index is 0.0254. The maximum atomic E-state index is 13.2. The van der Waals surface area contributed by atoms with E-state index in [1.54, 1.807) is 0 Å². The number of nitrogens with zero attached hydrogens (tertiary/aromatic N) is 3. The molecule has 5 heteroatoms. The Balaban J connectivity index is 5.47. The van der Waals surface area contributed by atoms with Crippen LogP contribution in [0.15, 0.2) is 4.76 Å². The van der Waals surface area contributed by atoms with E-state index in [0.717, 1.165) is 5.96 Å². The van der Waals surface area contributed by atoms with Gasteiger partial charge in [-0.25, -0.2) is 0 Å². The first-order chi connectivity index (χ1) is 8.36. The lowest BCUT2D eigenvalue weighted by Crippen LogP contribution is -2.35. The molecule has 0 amide bonds. The summed E-state index contributed by atoms with van der Waals surface area (Å²) in [6.07, 6.45) is 1.33. The van der Waals surface area contributed by atoms with Crippen molar-refractivity contribution in [2.24, 2.45) is 16.1 Å². The summed E-state index contributed by atoms with van der Waals surface area (Å²) in [6, 6.07) is 0. The molecule has 114 valence electrons. The predicted molar refractivity (Wildman–Crippen MR) is 86.4 cm³/mol. The summed E-state index contributed by atoms with van der Waals surface area (Å²) in [7, 11) is 5.20. The van der Waals surface area contributed by atoms with Crippen LogP contribution in [0.4, 0.5) is 0 Å². The summed E-state index contributed by atoms with van der Waals surface area (Å²) in [4.78, 5) is 3.85. The highest BCUT2D eigenvalue weighted by atomic mass is 31.2. The van der Waals surface area contributed by atoms with Crippen LogP contribution in [0.2, 0.25) is 0 Å². The number of hydrogen-bond donors (Lipinski definition) is 0. The first kappa shape index (κ1) is 18.5. The first-order valence-electron chi connectivity index (χ1n) is 6.89. The molecule has 0 aliphatic rings. The molecule has 0 radical (unpaired) electrons. The molecule has 1 atom stereocenters. The summed E-state index contributed by atoms with van der Waals surface area (Å²) in [5.74, 6) is 1.18. The van der Waals surface area contributed by atoms with Crippen LogP contribution in [0.5, 0.6) is 0 Å². The second kappa shape index (κ2) is 6.78. The van der Waals surface area contributed by atoms with Crippen molar-refractivity contribution in [3.8, 4) is 0 Å². The molecule has 0 aliphatic heterocycles. The van der Waals surface area contributed by atoms with Crippen LogP contribution in [0.25, 0.3) is 0 Å². The van der Waals surface area contributed by atoms with Crippen LogP contribution in [0, 0.1) is 11.3 Å². The van der Waals surface area contributed by atoms with E-state index in [2.05, 4.69) is 39.4 Å². The Hall–Kier alpha value is -0.500. The van der Waals surface area contributed by atoms with Gasteiger partial charge in [-0.05, 0) is 11.3 Å². The summed E-state index contributed by atoms with van der Waals surface area (Å²) >= 11 is 0.